The third-order valence-corrected chi connectivity index (χ3v) is 4.13. The SMILES string of the molecule is COC(=O)C1CCN(CC(=O)Nc2cccc(Cl)c2C)C1. The first-order valence-electron chi connectivity index (χ1n) is 6.86. The van der Waals surface area contributed by atoms with E-state index in [0.29, 0.717) is 11.6 Å². The van der Waals surface area contributed by atoms with E-state index in [4.69, 9.17) is 16.3 Å². The molecule has 6 heteroatoms. The van der Waals surface area contributed by atoms with E-state index >= 15 is 0 Å². The summed E-state index contributed by atoms with van der Waals surface area (Å²) in [5, 5.41) is 3.48. The van der Waals surface area contributed by atoms with Crippen LogP contribution in [0.2, 0.25) is 5.02 Å². The Hall–Kier alpha value is -1.59. The van der Waals surface area contributed by atoms with Crippen LogP contribution in [0.1, 0.15) is 12.0 Å². The quantitative estimate of drug-likeness (QED) is 0.865. The number of halogens is 1. The highest BCUT2D eigenvalue weighted by atomic mass is 35.5. The van der Waals surface area contributed by atoms with Crippen LogP contribution in [0.3, 0.4) is 0 Å². The Morgan fingerprint density at radius 1 is 1.48 bits per heavy atom. The molecule has 1 atom stereocenters. The summed E-state index contributed by atoms with van der Waals surface area (Å²) in [5.41, 5.74) is 1.57. The van der Waals surface area contributed by atoms with Gasteiger partial charge in [0.15, 0.2) is 0 Å². The zero-order valence-electron chi connectivity index (χ0n) is 12.2. The first kappa shape index (κ1) is 15.8. The summed E-state index contributed by atoms with van der Waals surface area (Å²) in [4.78, 5) is 25.5. The number of ether oxygens (including phenoxy) is 1. The van der Waals surface area contributed by atoms with Crippen LogP contribution < -0.4 is 5.32 Å². The van der Waals surface area contributed by atoms with Crippen molar-refractivity contribution in [3.63, 3.8) is 0 Å². The second-order valence-corrected chi connectivity index (χ2v) is 5.61. The number of carbonyl (C=O) groups is 2. The topological polar surface area (TPSA) is 58.6 Å². The van der Waals surface area contributed by atoms with E-state index in [-0.39, 0.29) is 24.3 Å². The minimum atomic E-state index is -0.205. The maximum atomic E-state index is 12.1. The molecule has 1 amide bonds. The molecule has 0 spiro atoms. The van der Waals surface area contributed by atoms with E-state index in [1.807, 2.05) is 17.9 Å². The van der Waals surface area contributed by atoms with Gasteiger partial charge in [0.1, 0.15) is 0 Å². The third-order valence-electron chi connectivity index (χ3n) is 3.72. The number of methoxy groups -OCH3 is 1. The number of nitrogens with zero attached hydrogens (tertiary/aromatic N) is 1. The number of likely N-dealkylation sites (tertiary alicyclic amines) is 1. The summed E-state index contributed by atoms with van der Waals surface area (Å²) in [6.45, 7) is 3.41. The molecular formula is C15H19ClN2O3. The average molecular weight is 311 g/mol. The minimum absolute atomic E-state index is 0.106. The fourth-order valence-electron chi connectivity index (χ4n) is 2.47. The average Bonchev–Trinajstić information content (AvgIpc) is 2.91. The zero-order valence-corrected chi connectivity index (χ0v) is 12.9. The summed E-state index contributed by atoms with van der Waals surface area (Å²) in [6, 6.07) is 5.41. The molecular weight excluding hydrogens is 292 g/mol. The van der Waals surface area contributed by atoms with Crippen molar-refractivity contribution in [2.75, 3.05) is 32.1 Å². The lowest BCUT2D eigenvalue weighted by Gasteiger charge is -2.16. The highest BCUT2D eigenvalue weighted by molar-refractivity contribution is 6.31. The van der Waals surface area contributed by atoms with Gasteiger partial charge >= 0.3 is 5.97 Å². The number of hydrogen-bond acceptors (Lipinski definition) is 4. The first-order valence-corrected chi connectivity index (χ1v) is 7.24. The second-order valence-electron chi connectivity index (χ2n) is 5.20. The molecule has 0 aliphatic carbocycles. The van der Waals surface area contributed by atoms with Crippen LogP contribution in [-0.2, 0) is 14.3 Å². The molecule has 114 valence electrons. The Balaban J connectivity index is 1.88. The number of benzene rings is 1. The van der Waals surface area contributed by atoms with E-state index in [0.717, 1.165) is 24.2 Å². The van der Waals surface area contributed by atoms with Gasteiger partial charge < -0.3 is 10.1 Å². The van der Waals surface area contributed by atoms with Gasteiger partial charge in [0.05, 0.1) is 19.6 Å². The van der Waals surface area contributed by atoms with E-state index in [1.165, 1.54) is 7.11 Å². The molecule has 1 aromatic rings. The van der Waals surface area contributed by atoms with Crippen molar-refractivity contribution in [1.82, 2.24) is 4.90 Å². The minimum Gasteiger partial charge on any atom is -0.469 e. The van der Waals surface area contributed by atoms with Gasteiger partial charge in [-0.2, -0.15) is 0 Å². The number of anilines is 1. The maximum Gasteiger partial charge on any atom is 0.310 e. The number of rotatable bonds is 4. The molecule has 0 radical (unpaired) electrons. The Kier molecular flexibility index (Phi) is 5.20. The van der Waals surface area contributed by atoms with Gasteiger partial charge in [-0.05, 0) is 37.6 Å². The number of hydrogen-bond donors (Lipinski definition) is 1. The molecule has 0 saturated carbocycles. The van der Waals surface area contributed by atoms with Gasteiger partial charge in [-0.25, -0.2) is 0 Å². The first-order chi connectivity index (χ1) is 10.0. The van der Waals surface area contributed by atoms with Crippen molar-refractivity contribution < 1.29 is 14.3 Å². The van der Waals surface area contributed by atoms with Crippen LogP contribution in [0.5, 0.6) is 0 Å². The summed E-state index contributed by atoms with van der Waals surface area (Å²) in [5.74, 6) is -0.440. The van der Waals surface area contributed by atoms with Crippen molar-refractivity contribution in [1.29, 1.82) is 0 Å². The molecule has 1 N–H and O–H groups in total. The van der Waals surface area contributed by atoms with Crippen LogP contribution in [0, 0.1) is 12.8 Å². The van der Waals surface area contributed by atoms with E-state index < -0.39 is 0 Å². The van der Waals surface area contributed by atoms with E-state index in [1.54, 1.807) is 12.1 Å². The summed E-state index contributed by atoms with van der Waals surface area (Å²) in [6.07, 6.45) is 0.732. The maximum absolute atomic E-state index is 12.1. The molecule has 1 heterocycles. The van der Waals surface area contributed by atoms with Crippen LogP contribution >= 0.6 is 11.6 Å². The Morgan fingerprint density at radius 2 is 2.24 bits per heavy atom. The number of esters is 1. The van der Waals surface area contributed by atoms with Gasteiger partial charge in [0.2, 0.25) is 5.91 Å². The standard InChI is InChI=1S/C15H19ClN2O3/c1-10-12(16)4-3-5-13(10)17-14(19)9-18-7-6-11(8-18)15(20)21-2/h3-5,11H,6-9H2,1-2H3,(H,17,19). The normalized spacial score (nSPS) is 18.5. The van der Waals surface area contributed by atoms with Crippen LogP contribution in [-0.4, -0.2) is 43.5 Å². The predicted octanol–water partition coefficient (Wildman–Crippen LogP) is 2.08. The van der Waals surface area contributed by atoms with Crippen molar-refractivity contribution in [2.45, 2.75) is 13.3 Å². The molecule has 1 aromatic carbocycles. The molecule has 1 aliphatic rings. The van der Waals surface area contributed by atoms with Gasteiger partial charge in [-0.3, -0.25) is 14.5 Å². The summed E-state index contributed by atoms with van der Waals surface area (Å²) < 4.78 is 4.73. The largest absolute Gasteiger partial charge is 0.469 e. The Labute approximate surface area is 129 Å². The molecule has 5 nitrogen and oxygen atoms in total. The van der Waals surface area contributed by atoms with Crippen LogP contribution in [0.15, 0.2) is 18.2 Å². The molecule has 1 aliphatic heterocycles. The molecule has 2 rings (SSSR count). The van der Waals surface area contributed by atoms with Crippen molar-refractivity contribution in [3.8, 4) is 0 Å². The molecule has 21 heavy (non-hydrogen) atoms. The number of carbonyl (C=O) groups excluding carboxylic acids is 2. The van der Waals surface area contributed by atoms with Gasteiger partial charge in [-0.15, -0.1) is 0 Å². The molecule has 1 fully saturated rings. The van der Waals surface area contributed by atoms with Gasteiger partial charge in [-0.1, -0.05) is 17.7 Å². The zero-order chi connectivity index (χ0) is 15.4. The molecule has 1 saturated heterocycles. The van der Waals surface area contributed by atoms with Gasteiger partial charge in [0.25, 0.3) is 0 Å². The lowest BCUT2D eigenvalue weighted by atomic mass is 10.1. The second kappa shape index (κ2) is 6.91. The highest BCUT2D eigenvalue weighted by Crippen LogP contribution is 2.23. The fourth-order valence-corrected chi connectivity index (χ4v) is 2.65. The highest BCUT2D eigenvalue weighted by Gasteiger charge is 2.29. The fraction of sp³-hybridized carbons (Fsp3) is 0.467. The summed E-state index contributed by atoms with van der Waals surface area (Å²) >= 11 is 6.02. The van der Waals surface area contributed by atoms with E-state index in [9.17, 15) is 9.59 Å². The lowest BCUT2D eigenvalue weighted by Crippen LogP contribution is -2.32. The van der Waals surface area contributed by atoms with E-state index in [2.05, 4.69) is 5.32 Å². The monoisotopic (exact) mass is 310 g/mol. The van der Waals surface area contributed by atoms with Crippen LogP contribution in [0.4, 0.5) is 5.69 Å². The predicted molar refractivity (Wildman–Crippen MR) is 81.4 cm³/mol. The molecule has 1 unspecified atom stereocenters. The van der Waals surface area contributed by atoms with Crippen molar-refractivity contribution in [2.24, 2.45) is 5.92 Å². The van der Waals surface area contributed by atoms with Gasteiger partial charge in [0, 0.05) is 17.3 Å². The number of amides is 1. The van der Waals surface area contributed by atoms with Crippen molar-refractivity contribution >= 4 is 29.2 Å². The Bertz CT molecular complexity index is 548. The molecule has 0 bridgehead atoms. The third kappa shape index (κ3) is 3.95. The molecule has 0 aromatic heterocycles. The Morgan fingerprint density at radius 3 is 2.95 bits per heavy atom. The lowest BCUT2D eigenvalue weighted by molar-refractivity contribution is -0.145. The smallest absolute Gasteiger partial charge is 0.310 e. The van der Waals surface area contributed by atoms with Crippen molar-refractivity contribution in [3.05, 3.63) is 28.8 Å². The number of nitrogens with one attached hydrogen (secondary N) is 1. The van der Waals surface area contributed by atoms with Crippen LogP contribution in [0.25, 0.3) is 0 Å². The summed E-state index contributed by atoms with van der Waals surface area (Å²) in [7, 11) is 1.39.